The molecule has 2 heterocycles. The van der Waals surface area contributed by atoms with Gasteiger partial charge in [-0.2, -0.15) is 0 Å². The van der Waals surface area contributed by atoms with Crippen molar-refractivity contribution in [1.82, 2.24) is 9.62 Å². The predicted octanol–water partition coefficient (Wildman–Crippen LogP) is 2.57. The van der Waals surface area contributed by atoms with Gasteiger partial charge >= 0.3 is 0 Å². The standard InChI is InChI=1S/C18H22N2O3S2/c1-14-4-6-17(7-5-14)25(22,23)19-15-8-10-20(11-9-15)18(21)13-16-3-2-12-24-16/h2-7,12,15,19H,8-11,13H2,1H3. The van der Waals surface area contributed by atoms with Gasteiger partial charge in [0.05, 0.1) is 11.3 Å². The Morgan fingerprint density at radius 1 is 1.20 bits per heavy atom. The highest BCUT2D eigenvalue weighted by Gasteiger charge is 2.26. The van der Waals surface area contributed by atoms with E-state index in [-0.39, 0.29) is 16.8 Å². The smallest absolute Gasteiger partial charge is 0.240 e. The Kier molecular flexibility index (Phi) is 5.56. The molecule has 1 aliphatic heterocycles. The zero-order valence-corrected chi connectivity index (χ0v) is 15.8. The van der Waals surface area contributed by atoms with Gasteiger partial charge in [0.1, 0.15) is 0 Å². The first-order valence-corrected chi connectivity index (χ1v) is 10.7. The number of carbonyl (C=O) groups excluding carboxylic acids is 1. The third-order valence-electron chi connectivity index (χ3n) is 4.41. The maximum atomic E-state index is 12.4. The predicted molar refractivity (Wildman–Crippen MR) is 99.1 cm³/mol. The van der Waals surface area contributed by atoms with Crippen molar-refractivity contribution in [1.29, 1.82) is 0 Å². The molecule has 0 unspecified atom stereocenters. The van der Waals surface area contributed by atoms with Crippen molar-refractivity contribution in [2.45, 2.75) is 37.1 Å². The molecule has 1 amide bonds. The highest BCUT2D eigenvalue weighted by Crippen LogP contribution is 2.17. The molecule has 1 N–H and O–H groups in total. The van der Waals surface area contributed by atoms with Crippen molar-refractivity contribution in [3.8, 4) is 0 Å². The lowest BCUT2D eigenvalue weighted by Crippen LogP contribution is -2.46. The zero-order valence-electron chi connectivity index (χ0n) is 14.1. The van der Waals surface area contributed by atoms with E-state index in [1.807, 2.05) is 29.3 Å². The zero-order chi connectivity index (χ0) is 17.9. The number of nitrogens with one attached hydrogen (secondary N) is 1. The number of aryl methyl sites for hydroxylation is 1. The average Bonchev–Trinajstić information content (AvgIpc) is 3.08. The van der Waals surface area contributed by atoms with E-state index in [0.29, 0.717) is 32.4 Å². The molecule has 1 saturated heterocycles. The van der Waals surface area contributed by atoms with Crippen LogP contribution in [0.25, 0.3) is 0 Å². The Bertz CT molecular complexity index is 807. The Balaban J connectivity index is 1.53. The van der Waals surface area contributed by atoms with E-state index in [0.717, 1.165) is 10.4 Å². The van der Waals surface area contributed by atoms with Crippen LogP contribution in [-0.2, 0) is 21.2 Å². The molecule has 25 heavy (non-hydrogen) atoms. The van der Waals surface area contributed by atoms with E-state index in [1.165, 1.54) is 0 Å². The molecule has 0 spiro atoms. The van der Waals surface area contributed by atoms with E-state index >= 15 is 0 Å². The number of piperidine rings is 1. The molecule has 3 rings (SSSR count). The van der Waals surface area contributed by atoms with Gasteiger partial charge in [0.2, 0.25) is 15.9 Å². The average molecular weight is 379 g/mol. The van der Waals surface area contributed by atoms with E-state index in [4.69, 9.17) is 0 Å². The number of amides is 1. The molecule has 0 atom stereocenters. The molecule has 7 heteroatoms. The summed E-state index contributed by atoms with van der Waals surface area (Å²) in [6.45, 7) is 3.10. The second kappa shape index (κ2) is 7.68. The van der Waals surface area contributed by atoms with Crippen molar-refractivity contribution in [2.24, 2.45) is 0 Å². The fourth-order valence-electron chi connectivity index (χ4n) is 2.93. The Morgan fingerprint density at radius 3 is 2.48 bits per heavy atom. The van der Waals surface area contributed by atoms with Crippen LogP contribution in [0.4, 0.5) is 0 Å². The minimum Gasteiger partial charge on any atom is -0.342 e. The van der Waals surface area contributed by atoms with Gasteiger partial charge in [-0.15, -0.1) is 11.3 Å². The first-order chi connectivity index (χ1) is 11.9. The minimum atomic E-state index is -3.51. The van der Waals surface area contributed by atoms with Crippen LogP contribution in [0, 0.1) is 6.92 Å². The Labute approximate surface area is 152 Å². The van der Waals surface area contributed by atoms with Gasteiger partial charge in [0.25, 0.3) is 0 Å². The van der Waals surface area contributed by atoms with E-state index < -0.39 is 10.0 Å². The summed E-state index contributed by atoms with van der Waals surface area (Å²) >= 11 is 1.58. The molecule has 1 fully saturated rings. The number of hydrogen-bond donors (Lipinski definition) is 1. The van der Waals surface area contributed by atoms with Gasteiger partial charge < -0.3 is 4.90 Å². The summed E-state index contributed by atoms with van der Waals surface area (Å²) in [7, 11) is -3.51. The number of likely N-dealkylation sites (tertiary alicyclic amines) is 1. The molecule has 0 aliphatic carbocycles. The summed E-state index contributed by atoms with van der Waals surface area (Å²) in [6.07, 6.45) is 1.71. The molecule has 134 valence electrons. The Hall–Kier alpha value is -1.70. The maximum Gasteiger partial charge on any atom is 0.240 e. The number of sulfonamides is 1. The van der Waals surface area contributed by atoms with Crippen LogP contribution >= 0.6 is 11.3 Å². The van der Waals surface area contributed by atoms with Crippen LogP contribution in [0.3, 0.4) is 0 Å². The SMILES string of the molecule is Cc1ccc(S(=O)(=O)NC2CCN(C(=O)Cc3cccs3)CC2)cc1. The molecule has 1 aromatic carbocycles. The first kappa shape index (κ1) is 18.1. The molecule has 0 radical (unpaired) electrons. The topological polar surface area (TPSA) is 66.5 Å². The molecule has 1 aromatic heterocycles. The molecule has 1 aliphatic rings. The van der Waals surface area contributed by atoms with E-state index in [2.05, 4.69) is 4.72 Å². The lowest BCUT2D eigenvalue weighted by atomic mass is 10.1. The molecule has 2 aromatic rings. The molecule has 0 saturated carbocycles. The van der Waals surface area contributed by atoms with Crippen LogP contribution in [0.1, 0.15) is 23.3 Å². The number of rotatable bonds is 5. The second-order valence-corrected chi connectivity index (χ2v) is 9.09. The maximum absolute atomic E-state index is 12.4. The summed E-state index contributed by atoms with van der Waals surface area (Å²) in [6, 6.07) is 10.6. The number of hydrogen-bond acceptors (Lipinski definition) is 4. The minimum absolute atomic E-state index is 0.113. The van der Waals surface area contributed by atoms with E-state index in [1.54, 1.807) is 35.6 Å². The van der Waals surface area contributed by atoms with Crippen LogP contribution in [0.15, 0.2) is 46.7 Å². The van der Waals surface area contributed by atoms with Crippen LogP contribution in [-0.4, -0.2) is 38.4 Å². The van der Waals surface area contributed by atoms with Gasteiger partial charge in [-0.3, -0.25) is 4.79 Å². The third-order valence-corrected chi connectivity index (χ3v) is 6.82. The van der Waals surface area contributed by atoms with Gasteiger partial charge in [0.15, 0.2) is 0 Å². The van der Waals surface area contributed by atoms with Gasteiger partial charge in [-0.25, -0.2) is 13.1 Å². The molecular formula is C18H22N2O3S2. The lowest BCUT2D eigenvalue weighted by molar-refractivity contribution is -0.131. The van der Waals surface area contributed by atoms with Gasteiger partial charge in [-0.05, 0) is 43.3 Å². The molecule has 0 bridgehead atoms. The van der Waals surface area contributed by atoms with Crippen molar-refractivity contribution < 1.29 is 13.2 Å². The number of carbonyl (C=O) groups is 1. The van der Waals surface area contributed by atoms with Crippen LogP contribution < -0.4 is 4.72 Å². The van der Waals surface area contributed by atoms with Crippen LogP contribution in [0.2, 0.25) is 0 Å². The summed E-state index contributed by atoms with van der Waals surface area (Å²) < 4.78 is 27.7. The summed E-state index contributed by atoms with van der Waals surface area (Å²) in [5.74, 6) is 0.113. The fourth-order valence-corrected chi connectivity index (χ4v) is 4.93. The molecular weight excluding hydrogens is 356 g/mol. The third kappa shape index (κ3) is 4.68. The van der Waals surface area contributed by atoms with Gasteiger partial charge in [0, 0.05) is 24.0 Å². The first-order valence-electron chi connectivity index (χ1n) is 8.33. The van der Waals surface area contributed by atoms with E-state index in [9.17, 15) is 13.2 Å². The number of thiophene rings is 1. The van der Waals surface area contributed by atoms with Crippen LogP contribution in [0.5, 0.6) is 0 Å². The fraction of sp³-hybridized carbons (Fsp3) is 0.389. The van der Waals surface area contributed by atoms with Crippen molar-refractivity contribution in [2.75, 3.05) is 13.1 Å². The summed E-state index contributed by atoms with van der Waals surface area (Å²) in [4.78, 5) is 15.5. The highest BCUT2D eigenvalue weighted by atomic mass is 32.2. The normalized spacial score (nSPS) is 16.1. The number of benzene rings is 1. The largest absolute Gasteiger partial charge is 0.342 e. The number of nitrogens with zero attached hydrogens (tertiary/aromatic N) is 1. The summed E-state index contributed by atoms with van der Waals surface area (Å²) in [5.41, 5.74) is 1.02. The summed E-state index contributed by atoms with van der Waals surface area (Å²) in [5, 5.41) is 1.97. The quantitative estimate of drug-likeness (QED) is 0.870. The Morgan fingerprint density at radius 2 is 1.88 bits per heavy atom. The molecule has 5 nitrogen and oxygen atoms in total. The van der Waals surface area contributed by atoms with Crippen molar-refractivity contribution in [3.63, 3.8) is 0 Å². The van der Waals surface area contributed by atoms with Crippen molar-refractivity contribution in [3.05, 3.63) is 52.2 Å². The highest BCUT2D eigenvalue weighted by molar-refractivity contribution is 7.89. The van der Waals surface area contributed by atoms with Crippen molar-refractivity contribution >= 4 is 27.3 Å². The second-order valence-electron chi connectivity index (χ2n) is 6.35. The lowest BCUT2D eigenvalue weighted by Gasteiger charge is -2.32. The monoisotopic (exact) mass is 378 g/mol. The van der Waals surface area contributed by atoms with Gasteiger partial charge in [-0.1, -0.05) is 23.8 Å².